The fourth-order valence-electron chi connectivity index (χ4n) is 6.95. The maximum atomic E-state index is 14.1. The van der Waals surface area contributed by atoms with E-state index in [1.807, 2.05) is 72.8 Å². The number of nitrogens with zero attached hydrogens (tertiary/aromatic N) is 1. The van der Waals surface area contributed by atoms with E-state index < -0.39 is 22.6 Å². The number of carbonyl (C=O) groups excluding carboxylic acids is 3. The number of amides is 3. The number of hydrogen-bond acceptors (Lipinski definition) is 5. The zero-order chi connectivity index (χ0) is 27.7. The third-order valence-electron chi connectivity index (χ3n) is 8.73. The Balaban J connectivity index is 1.26. The number of nitrogens with one attached hydrogen (secondary N) is 2. The maximum absolute atomic E-state index is 14.1. The minimum atomic E-state index is -0.646. The second-order valence-corrected chi connectivity index (χ2v) is 12.7. The van der Waals surface area contributed by atoms with Crippen LogP contribution in [-0.4, -0.2) is 56.9 Å². The molecular weight excluding hydrogens is 522 g/mol. The van der Waals surface area contributed by atoms with Gasteiger partial charge in [-0.3, -0.25) is 14.4 Å². The summed E-state index contributed by atoms with van der Waals surface area (Å²) >= 11 is 1.68. The van der Waals surface area contributed by atoms with Crippen molar-refractivity contribution in [3.8, 4) is 0 Å². The number of aliphatic hydroxyl groups is 1. The molecule has 3 fully saturated rings. The van der Waals surface area contributed by atoms with E-state index >= 15 is 0 Å². The highest BCUT2D eigenvalue weighted by Crippen LogP contribution is 2.66. The third-order valence-corrected chi connectivity index (χ3v) is 10.7. The highest BCUT2D eigenvalue weighted by molar-refractivity contribution is 8.02. The molecule has 0 aromatic heterocycles. The molecule has 0 radical (unpaired) electrons. The van der Waals surface area contributed by atoms with Crippen molar-refractivity contribution in [2.75, 3.05) is 18.5 Å². The van der Waals surface area contributed by atoms with E-state index in [1.165, 1.54) is 0 Å². The highest BCUT2D eigenvalue weighted by atomic mass is 32.2. The lowest BCUT2D eigenvalue weighted by molar-refractivity contribution is -0.139. The number of thioether (sulfide) groups is 1. The van der Waals surface area contributed by atoms with Crippen LogP contribution in [0.5, 0.6) is 0 Å². The van der Waals surface area contributed by atoms with Crippen molar-refractivity contribution in [3.05, 3.63) is 78.4 Å². The summed E-state index contributed by atoms with van der Waals surface area (Å²) in [4.78, 5) is 43.4. The van der Waals surface area contributed by atoms with Crippen molar-refractivity contribution in [2.24, 2.45) is 11.8 Å². The first kappa shape index (κ1) is 26.8. The van der Waals surface area contributed by atoms with E-state index in [0.29, 0.717) is 31.6 Å². The lowest BCUT2D eigenvalue weighted by Crippen LogP contribution is -2.51. The van der Waals surface area contributed by atoms with Crippen molar-refractivity contribution >= 4 is 45.9 Å². The van der Waals surface area contributed by atoms with Crippen molar-refractivity contribution < 1.29 is 19.5 Å². The monoisotopic (exact) mass is 557 g/mol. The second kappa shape index (κ2) is 11.3. The molecular formula is C32H35N3O4S. The van der Waals surface area contributed by atoms with E-state index in [-0.39, 0.29) is 29.6 Å². The van der Waals surface area contributed by atoms with Gasteiger partial charge in [0, 0.05) is 30.6 Å². The summed E-state index contributed by atoms with van der Waals surface area (Å²) in [6.07, 6.45) is 3.69. The van der Waals surface area contributed by atoms with Crippen molar-refractivity contribution in [1.29, 1.82) is 0 Å². The summed E-state index contributed by atoms with van der Waals surface area (Å²) in [6.45, 7) is 0.961. The quantitative estimate of drug-likeness (QED) is 0.322. The van der Waals surface area contributed by atoms with Crippen molar-refractivity contribution in [2.45, 2.75) is 54.7 Å². The average Bonchev–Trinajstić information content (AvgIpc) is 3.62. The summed E-state index contributed by atoms with van der Waals surface area (Å²) in [6, 6.07) is 23.0. The van der Waals surface area contributed by atoms with Gasteiger partial charge < -0.3 is 20.6 Å². The molecule has 3 heterocycles. The zero-order valence-corrected chi connectivity index (χ0v) is 23.2. The summed E-state index contributed by atoms with van der Waals surface area (Å²) < 4.78 is -0.617. The molecule has 2 bridgehead atoms. The fourth-order valence-corrected chi connectivity index (χ4v) is 9.17. The molecule has 6 rings (SSSR count). The Kier molecular flexibility index (Phi) is 7.55. The number of benzene rings is 3. The SMILES string of the molecule is O=C(Nc1ccc2ccccc2c1)C1N(CCCCCO)C(=O)[C@@H]2[C@H](C(=O)NCc3ccccc3)[C@@H]3CCC12S3. The van der Waals surface area contributed by atoms with Gasteiger partial charge >= 0.3 is 0 Å². The van der Waals surface area contributed by atoms with E-state index in [0.717, 1.165) is 35.6 Å². The Bertz CT molecular complexity index is 1420. The topological polar surface area (TPSA) is 98.7 Å². The van der Waals surface area contributed by atoms with Gasteiger partial charge in [0.25, 0.3) is 0 Å². The van der Waals surface area contributed by atoms with Crippen LogP contribution in [0.2, 0.25) is 0 Å². The second-order valence-electron chi connectivity index (χ2n) is 11.1. The number of unbranched alkanes of at least 4 members (excludes halogenated alkanes) is 2. The van der Waals surface area contributed by atoms with Gasteiger partial charge in [-0.2, -0.15) is 0 Å². The van der Waals surface area contributed by atoms with E-state index in [2.05, 4.69) is 10.6 Å². The van der Waals surface area contributed by atoms with Crippen LogP contribution in [0.1, 0.15) is 37.7 Å². The smallest absolute Gasteiger partial charge is 0.248 e. The van der Waals surface area contributed by atoms with Gasteiger partial charge in [0.15, 0.2) is 0 Å². The molecule has 40 heavy (non-hydrogen) atoms. The molecule has 7 nitrogen and oxygen atoms in total. The average molecular weight is 558 g/mol. The molecule has 3 aromatic carbocycles. The van der Waals surface area contributed by atoms with Crippen LogP contribution in [-0.2, 0) is 20.9 Å². The van der Waals surface area contributed by atoms with Gasteiger partial charge in [0.2, 0.25) is 17.7 Å². The Labute approximate surface area is 238 Å². The first-order valence-corrected chi connectivity index (χ1v) is 15.1. The molecule has 208 valence electrons. The molecule has 3 amide bonds. The third kappa shape index (κ3) is 4.77. The number of anilines is 1. The van der Waals surface area contributed by atoms with Crippen LogP contribution in [0.25, 0.3) is 10.8 Å². The van der Waals surface area contributed by atoms with Crippen LogP contribution >= 0.6 is 11.8 Å². The zero-order valence-electron chi connectivity index (χ0n) is 22.4. The minimum absolute atomic E-state index is 0.0252. The molecule has 5 atom stereocenters. The fraction of sp³-hybridized carbons (Fsp3) is 0.406. The van der Waals surface area contributed by atoms with Gasteiger partial charge in [-0.25, -0.2) is 0 Å². The maximum Gasteiger partial charge on any atom is 0.248 e. The standard InChI is InChI=1S/C32H35N3O4S/c36-18-8-2-7-17-35-28(30(38)34-24-14-13-22-11-5-6-12-23(22)19-24)32-16-15-25(40-32)26(27(32)31(35)39)29(37)33-20-21-9-3-1-4-10-21/h1,3-6,9-14,19,25-28,36H,2,7-8,15-18,20H2,(H,33,37)(H,34,38)/t25-,26+,27-,28?,32?/m0/s1. The van der Waals surface area contributed by atoms with E-state index in [4.69, 9.17) is 0 Å². The molecule has 8 heteroatoms. The number of likely N-dealkylation sites (tertiary alicyclic amines) is 1. The number of aliphatic hydroxyl groups excluding tert-OH is 1. The van der Waals surface area contributed by atoms with Gasteiger partial charge in [0.1, 0.15) is 6.04 Å². The first-order valence-electron chi connectivity index (χ1n) is 14.2. The molecule has 3 aliphatic rings. The number of fused-ring (bicyclic) bond motifs is 2. The van der Waals surface area contributed by atoms with E-state index in [1.54, 1.807) is 16.7 Å². The van der Waals surface area contributed by atoms with Gasteiger partial charge in [-0.15, -0.1) is 11.8 Å². The number of rotatable bonds is 10. The van der Waals surface area contributed by atoms with Crippen molar-refractivity contribution in [1.82, 2.24) is 10.2 Å². The molecule has 3 aliphatic heterocycles. The van der Waals surface area contributed by atoms with E-state index in [9.17, 15) is 19.5 Å². The van der Waals surface area contributed by atoms with Gasteiger partial charge in [-0.05, 0) is 60.6 Å². The lowest BCUT2D eigenvalue weighted by Gasteiger charge is -2.34. The molecule has 2 unspecified atom stereocenters. The van der Waals surface area contributed by atoms with Crippen LogP contribution in [0.3, 0.4) is 0 Å². The first-order chi connectivity index (χ1) is 19.5. The highest BCUT2D eigenvalue weighted by Gasteiger charge is 2.73. The summed E-state index contributed by atoms with van der Waals surface area (Å²) in [5.41, 5.74) is 1.71. The van der Waals surface area contributed by atoms with Gasteiger partial charge in [-0.1, -0.05) is 60.7 Å². The van der Waals surface area contributed by atoms with Crippen LogP contribution in [0, 0.1) is 11.8 Å². The largest absolute Gasteiger partial charge is 0.396 e. The number of hydrogen-bond donors (Lipinski definition) is 3. The molecule has 3 saturated heterocycles. The van der Waals surface area contributed by atoms with Gasteiger partial charge in [0.05, 0.1) is 16.6 Å². The number of carbonyl (C=O) groups is 3. The molecule has 0 saturated carbocycles. The molecule has 3 N–H and O–H groups in total. The Morgan fingerprint density at radius 2 is 1.73 bits per heavy atom. The predicted octanol–water partition coefficient (Wildman–Crippen LogP) is 4.35. The Morgan fingerprint density at radius 3 is 2.52 bits per heavy atom. The molecule has 3 aromatic rings. The van der Waals surface area contributed by atoms with Crippen LogP contribution in [0.4, 0.5) is 5.69 Å². The minimum Gasteiger partial charge on any atom is -0.396 e. The lowest BCUT2D eigenvalue weighted by atomic mass is 9.70. The Morgan fingerprint density at radius 1 is 0.950 bits per heavy atom. The Hall–Kier alpha value is -3.36. The molecule has 0 aliphatic carbocycles. The molecule has 1 spiro atoms. The summed E-state index contributed by atoms with van der Waals surface area (Å²) in [5.74, 6) is -1.34. The summed E-state index contributed by atoms with van der Waals surface area (Å²) in [5, 5.41) is 17.6. The predicted molar refractivity (Wildman–Crippen MR) is 158 cm³/mol. The van der Waals surface area contributed by atoms with Crippen LogP contribution in [0.15, 0.2) is 72.8 Å². The van der Waals surface area contributed by atoms with Crippen LogP contribution < -0.4 is 10.6 Å². The van der Waals surface area contributed by atoms with Crippen molar-refractivity contribution in [3.63, 3.8) is 0 Å². The normalized spacial score (nSPS) is 26.7. The summed E-state index contributed by atoms with van der Waals surface area (Å²) in [7, 11) is 0.